The molecule has 0 aromatic heterocycles. The van der Waals surface area contributed by atoms with Gasteiger partial charge in [-0.1, -0.05) is 30.3 Å². The molecular weight excluding hydrogens is 285 g/mol. The van der Waals surface area contributed by atoms with Crippen LogP contribution in [0.1, 0.15) is 12.5 Å². The monoisotopic (exact) mass is 301 g/mol. The zero-order valence-electron chi connectivity index (χ0n) is 10.8. The van der Waals surface area contributed by atoms with Gasteiger partial charge in [-0.2, -0.15) is 0 Å². The first kappa shape index (κ1) is 14.5. The molecule has 0 spiro atoms. The molecule has 1 fully saturated rings. The van der Waals surface area contributed by atoms with E-state index in [0.717, 1.165) is 5.56 Å². The number of amides is 1. The van der Waals surface area contributed by atoms with Gasteiger partial charge in [0.2, 0.25) is 0 Å². The molecule has 1 amide bonds. The molecule has 3 atom stereocenters. The number of likely N-dealkylation sites (tertiary alicyclic amines) is 1. The fourth-order valence-electron chi connectivity index (χ4n) is 2.29. The van der Waals surface area contributed by atoms with Crippen molar-refractivity contribution in [1.82, 2.24) is 4.90 Å². The van der Waals surface area contributed by atoms with Crippen molar-refractivity contribution in [3.63, 3.8) is 0 Å². The van der Waals surface area contributed by atoms with Crippen LogP contribution in [-0.2, 0) is 11.3 Å². The Kier molecular flexibility index (Phi) is 4.94. The Morgan fingerprint density at radius 1 is 1.42 bits per heavy atom. The molecule has 19 heavy (non-hydrogen) atoms. The largest absolute Gasteiger partial charge is 0.445 e. The lowest BCUT2D eigenvalue weighted by Gasteiger charge is -2.23. The second-order valence-electron chi connectivity index (χ2n) is 4.77. The van der Waals surface area contributed by atoms with Gasteiger partial charge in [-0.05, 0) is 12.5 Å². The lowest BCUT2D eigenvalue weighted by atomic mass is 10.0. The van der Waals surface area contributed by atoms with Gasteiger partial charge in [0, 0.05) is 24.4 Å². The molecule has 0 aliphatic carbocycles. The van der Waals surface area contributed by atoms with E-state index in [-0.39, 0.29) is 30.0 Å². The Labute approximate surface area is 123 Å². The summed E-state index contributed by atoms with van der Waals surface area (Å²) in [6, 6.07) is 9.62. The molecule has 1 aliphatic heterocycles. The van der Waals surface area contributed by atoms with Crippen molar-refractivity contribution >= 4 is 29.3 Å². The van der Waals surface area contributed by atoms with Crippen LogP contribution >= 0.6 is 23.2 Å². The van der Waals surface area contributed by atoms with Crippen molar-refractivity contribution in [3.05, 3.63) is 35.9 Å². The van der Waals surface area contributed by atoms with Crippen molar-refractivity contribution in [2.45, 2.75) is 24.9 Å². The van der Waals surface area contributed by atoms with E-state index in [4.69, 9.17) is 27.9 Å². The molecule has 1 aromatic rings. The maximum absolute atomic E-state index is 12.0. The predicted octanol–water partition coefficient (Wildman–Crippen LogP) is 3.49. The number of benzene rings is 1. The lowest BCUT2D eigenvalue weighted by Crippen LogP contribution is -2.36. The number of nitrogens with zero attached hydrogens (tertiary/aromatic N) is 1. The summed E-state index contributed by atoms with van der Waals surface area (Å²) in [5.41, 5.74) is 0.971. The minimum absolute atomic E-state index is 0.0169. The quantitative estimate of drug-likeness (QED) is 0.800. The molecule has 2 rings (SSSR count). The third-order valence-electron chi connectivity index (χ3n) is 3.56. The van der Waals surface area contributed by atoms with Crippen LogP contribution in [0.3, 0.4) is 0 Å². The van der Waals surface area contributed by atoms with Crippen LogP contribution in [0.4, 0.5) is 4.79 Å². The number of carbonyl (C=O) groups is 1. The first-order valence-electron chi connectivity index (χ1n) is 6.31. The van der Waals surface area contributed by atoms with Crippen molar-refractivity contribution in [1.29, 1.82) is 0 Å². The summed E-state index contributed by atoms with van der Waals surface area (Å²) >= 11 is 12.1. The second-order valence-corrected chi connectivity index (χ2v) is 5.64. The molecule has 0 N–H and O–H groups in total. The number of halogens is 2. The third kappa shape index (κ3) is 3.34. The SMILES string of the molecule is CC1C(CCl)C(Cl)CN1C(=O)OCc1ccccc1. The highest BCUT2D eigenvalue weighted by molar-refractivity contribution is 6.23. The van der Waals surface area contributed by atoms with Crippen LogP contribution < -0.4 is 0 Å². The summed E-state index contributed by atoms with van der Waals surface area (Å²) < 4.78 is 5.31. The summed E-state index contributed by atoms with van der Waals surface area (Å²) in [6.45, 7) is 2.73. The van der Waals surface area contributed by atoms with Crippen molar-refractivity contribution in [2.24, 2.45) is 5.92 Å². The zero-order valence-corrected chi connectivity index (χ0v) is 12.3. The van der Waals surface area contributed by atoms with Gasteiger partial charge >= 0.3 is 6.09 Å². The van der Waals surface area contributed by atoms with E-state index in [2.05, 4.69) is 0 Å². The van der Waals surface area contributed by atoms with Gasteiger partial charge in [-0.25, -0.2) is 4.79 Å². The van der Waals surface area contributed by atoms with Crippen LogP contribution in [-0.4, -0.2) is 34.8 Å². The van der Waals surface area contributed by atoms with Gasteiger partial charge in [-0.3, -0.25) is 0 Å². The highest BCUT2D eigenvalue weighted by Gasteiger charge is 2.40. The summed E-state index contributed by atoms with van der Waals surface area (Å²) in [6.07, 6.45) is -0.324. The van der Waals surface area contributed by atoms with E-state index in [9.17, 15) is 4.79 Å². The summed E-state index contributed by atoms with van der Waals surface area (Å²) in [4.78, 5) is 13.7. The standard InChI is InChI=1S/C14H17Cl2NO2/c1-10-12(7-15)13(16)8-17(10)14(18)19-9-11-5-3-2-4-6-11/h2-6,10,12-13H,7-9H2,1H3. The van der Waals surface area contributed by atoms with Crippen LogP contribution in [0.2, 0.25) is 0 Å². The van der Waals surface area contributed by atoms with Gasteiger partial charge in [0.1, 0.15) is 6.61 Å². The molecule has 5 heteroatoms. The van der Waals surface area contributed by atoms with Crippen molar-refractivity contribution in [3.8, 4) is 0 Å². The van der Waals surface area contributed by atoms with E-state index in [1.807, 2.05) is 37.3 Å². The Hall–Kier alpha value is -0.930. The number of hydrogen-bond donors (Lipinski definition) is 0. The fraction of sp³-hybridized carbons (Fsp3) is 0.500. The molecule has 1 heterocycles. The molecule has 1 aliphatic rings. The summed E-state index contributed by atoms with van der Waals surface area (Å²) in [5, 5.41) is -0.100. The van der Waals surface area contributed by atoms with Gasteiger partial charge in [0.25, 0.3) is 0 Å². The summed E-state index contributed by atoms with van der Waals surface area (Å²) in [7, 11) is 0. The first-order chi connectivity index (χ1) is 9.13. The highest BCUT2D eigenvalue weighted by Crippen LogP contribution is 2.30. The van der Waals surface area contributed by atoms with E-state index >= 15 is 0 Å². The number of carbonyl (C=O) groups excluding carboxylic acids is 1. The highest BCUT2D eigenvalue weighted by atomic mass is 35.5. The van der Waals surface area contributed by atoms with E-state index in [1.54, 1.807) is 4.90 Å². The average Bonchev–Trinajstić information content (AvgIpc) is 2.72. The molecular formula is C14H17Cl2NO2. The van der Waals surface area contributed by atoms with Crippen molar-refractivity contribution < 1.29 is 9.53 Å². The molecule has 0 saturated carbocycles. The van der Waals surface area contributed by atoms with Gasteiger partial charge < -0.3 is 9.64 Å². The normalized spacial score (nSPS) is 26.5. The van der Waals surface area contributed by atoms with Gasteiger partial charge in [-0.15, -0.1) is 23.2 Å². The maximum Gasteiger partial charge on any atom is 0.410 e. The molecule has 104 valence electrons. The van der Waals surface area contributed by atoms with E-state index in [0.29, 0.717) is 12.4 Å². The number of ether oxygens (including phenoxy) is 1. The maximum atomic E-state index is 12.0. The number of alkyl halides is 2. The Morgan fingerprint density at radius 3 is 2.68 bits per heavy atom. The minimum atomic E-state index is -0.324. The molecule has 3 nitrogen and oxygen atoms in total. The van der Waals surface area contributed by atoms with Gasteiger partial charge in [0.15, 0.2) is 0 Å². The number of rotatable bonds is 3. The van der Waals surface area contributed by atoms with Gasteiger partial charge in [0.05, 0.1) is 5.38 Å². The molecule has 1 saturated heterocycles. The number of hydrogen-bond acceptors (Lipinski definition) is 2. The van der Waals surface area contributed by atoms with E-state index in [1.165, 1.54) is 0 Å². The van der Waals surface area contributed by atoms with E-state index < -0.39 is 0 Å². The molecule has 0 radical (unpaired) electrons. The fourth-order valence-corrected chi connectivity index (χ4v) is 3.30. The smallest absolute Gasteiger partial charge is 0.410 e. The third-order valence-corrected chi connectivity index (χ3v) is 4.38. The predicted molar refractivity (Wildman–Crippen MR) is 76.6 cm³/mol. The average molecular weight is 302 g/mol. The van der Waals surface area contributed by atoms with Crippen LogP contribution in [0.15, 0.2) is 30.3 Å². The van der Waals surface area contributed by atoms with Crippen molar-refractivity contribution in [2.75, 3.05) is 12.4 Å². The topological polar surface area (TPSA) is 29.5 Å². The molecule has 3 unspecified atom stereocenters. The second kappa shape index (κ2) is 6.49. The van der Waals surface area contributed by atoms with Crippen LogP contribution in [0.5, 0.6) is 0 Å². The zero-order chi connectivity index (χ0) is 13.8. The van der Waals surface area contributed by atoms with Crippen LogP contribution in [0.25, 0.3) is 0 Å². The Balaban J connectivity index is 1.90. The molecule has 1 aromatic carbocycles. The first-order valence-corrected chi connectivity index (χ1v) is 7.28. The minimum Gasteiger partial charge on any atom is -0.445 e. The Morgan fingerprint density at radius 2 is 2.11 bits per heavy atom. The van der Waals surface area contributed by atoms with Crippen LogP contribution in [0, 0.1) is 5.92 Å². The lowest BCUT2D eigenvalue weighted by molar-refractivity contribution is 0.0919. The summed E-state index contributed by atoms with van der Waals surface area (Å²) in [5.74, 6) is 0.574. The Bertz CT molecular complexity index is 427. The molecule has 0 bridgehead atoms.